The summed E-state index contributed by atoms with van der Waals surface area (Å²) in [6.07, 6.45) is 27.7. The fourth-order valence-electron chi connectivity index (χ4n) is 7.72. The van der Waals surface area contributed by atoms with Gasteiger partial charge in [0, 0.05) is 0 Å². The second-order valence-corrected chi connectivity index (χ2v) is 12.0. The standard InChI is InChI=1S/C32H52/c1-3-5-7-9-11-25-13-15-29-23-31(19-17-27(29)21-25)32-20-18-28-22-26(12-10-8-6-4-2)14-16-30(28)24-32/h13,15,21,26,28,30-32H,3-12,14,16-20,22-24H2,1-2H3/t26-,28?,30-,31?,32?/m1/s1. The van der Waals surface area contributed by atoms with Crippen LogP contribution < -0.4 is 0 Å². The molecular weight excluding hydrogens is 384 g/mol. The van der Waals surface area contributed by atoms with Gasteiger partial charge < -0.3 is 0 Å². The molecule has 0 aromatic heterocycles. The van der Waals surface area contributed by atoms with Gasteiger partial charge in [-0.2, -0.15) is 0 Å². The highest BCUT2D eigenvalue weighted by atomic mass is 14.4. The molecule has 0 heteroatoms. The summed E-state index contributed by atoms with van der Waals surface area (Å²) < 4.78 is 0. The molecule has 1 aromatic carbocycles. The maximum atomic E-state index is 2.58. The fourth-order valence-corrected chi connectivity index (χ4v) is 7.72. The molecule has 0 heterocycles. The molecule has 0 aliphatic heterocycles. The van der Waals surface area contributed by atoms with Gasteiger partial charge >= 0.3 is 0 Å². The van der Waals surface area contributed by atoms with Crippen molar-refractivity contribution in [1.82, 2.24) is 0 Å². The molecular formula is C32H52. The lowest BCUT2D eigenvalue weighted by Gasteiger charge is -2.45. The Labute approximate surface area is 200 Å². The summed E-state index contributed by atoms with van der Waals surface area (Å²) in [5.41, 5.74) is 5.01. The van der Waals surface area contributed by atoms with Crippen LogP contribution >= 0.6 is 0 Å². The third-order valence-electron chi connectivity index (χ3n) is 9.75. The van der Waals surface area contributed by atoms with Crippen LogP contribution in [0.3, 0.4) is 0 Å². The van der Waals surface area contributed by atoms with Crippen LogP contribution in [0.15, 0.2) is 18.2 Å². The van der Waals surface area contributed by atoms with Crippen molar-refractivity contribution in [2.75, 3.05) is 0 Å². The molecule has 180 valence electrons. The average Bonchev–Trinajstić information content (AvgIpc) is 2.84. The lowest BCUT2D eigenvalue weighted by Crippen LogP contribution is -2.35. The number of aryl methyl sites for hydroxylation is 2. The maximum absolute atomic E-state index is 2.58. The van der Waals surface area contributed by atoms with E-state index < -0.39 is 0 Å². The second-order valence-electron chi connectivity index (χ2n) is 12.0. The minimum Gasteiger partial charge on any atom is -0.0654 e. The summed E-state index contributed by atoms with van der Waals surface area (Å²) in [4.78, 5) is 0. The summed E-state index contributed by atoms with van der Waals surface area (Å²) in [7, 11) is 0. The molecule has 2 saturated carbocycles. The summed E-state index contributed by atoms with van der Waals surface area (Å²) in [6, 6.07) is 7.56. The molecule has 0 bridgehead atoms. The van der Waals surface area contributed by atoms with Crippen molar-refractivity contribution in [1.29, 1.82) is 0 Å². The first-order valence-electron chi connectivity index (χ1n) is 14.9. The van der Waals surface area contributed by atoms with Crippen molar-refractivity contribution >= 4 is 0 Å². The van der Waals surface area contributed by atoms with Crippen LogP contribution in [0, 0.1) is 29.6 Å². The molecule has 5 atom stereocenters. The molecule has 0 saturated heterocycles. The van der Waals surface area contributed by atoms with E-state index in [0.29, 0.717) is 0 Å². The first-order valence-corrected chi connectivity index (χ1v) is 14.9. The number of rotatable bonds is 11. The Bertz CT molecular complexity index is 673. The number of hydrogen-bond donors (Lipinski definition) is 0. The van der Waals surface area contributed by atoms with Crippen molar-refractivity contribution in [3.05, 3.63) is 34.9 Å². The molecule has 4 rings (SSSR count). The molecule has 32 heavy (non-hydrogen) atoms. The molecule has 3 aliphatic rings. The lowest BCUT2D eigenvalue weighted by atomic mass is 9.61. The Morgan fingerprint density at radius 2 is 1.38 bits per heavy atom. The van der Waals surface area contributed by atoms with Gasteiger partial charge in [0.15, 0.2) is 0 Å². The Kier molecular flexibility index (Phi) is 9.60. The number of fused-ring (bicyclic) bond motifs is 2. The van der Waals surface area contributed by atoms with Crippen LogP contribution in [0.4, 0.5) is 0 Å². The summed E-state index contributed by atoms with van der Waals surface area (Å²) in [5, 5.41) is 0. The minimum absolute atomic E-state index is 0.977. The molecule has 0 radical (unpaired) electrons. The molecule has 2 fully saturated rings. The highest BCUT2D eigenvalue weighted by molar-refractivity contribution is 5.34. The SMILES string of the molecule is CCCCCCc1ccc2c(c1)CCC(C1CCC3C[C@H](CCCCCC)CC[C@@H]3C1)C2. The number of hydrogen-bond acceptors (Lipinski definition) is 0. The molecule has 0 spiro atoms. The maximum Gasteiger partial charge on any atom is -0.0245 e. The van der Waals surface area contributed by atoms with Crippen molar-refractivity contribution in [3.63, 3.8) is 0 Å². The van der Waals surface area contributed by atoms with Crippen molar-refractivity contribution in [3.8, 4) is 0 Å². The quantitative estimate of drug-likeness (QED) is 0.303. The molecule has 0 N–H and O–H groups in total. The topological polar surface area (TPSA) is 0 Å². The van der Waals surface area contributed by atoms with Crippen molar-refractivity contribution < 1.29 is 0 Å². The third-order valence-corrected chi connectivity index (χ3v) is 9.75. The Balaban J connectivity index is 1.23. The molecule has 3 unspecified atom stereocenters. The van der Waals surface area contributed by atoms with E-state index in [0.717, 1.165) is 29.6 Å². The van der Waals surface area contributed by atoms with Crippen molar-refractivity contribution in [2.45, 2.75) is 136 Å². The van der Waals surface area contributed by atoms with Gasteiger partial charge in [0.2, 0.25) is 0 Å². The summed E-state index contributed by atoms with van der Waals surface area (Å²) in [5.74, 6) is 5.24. The van der Waals surface area contributed by atoms with Crippen LogP contribution in [-0.2, 0) is 19.3 Å². The first-order chi connectivity index (χ1) is 15.8. The van der Waals surface area contributed by atoms with E-state index in [1.165, 1.54) is 83.5 Å². The van der Waals surface area contributed by atoms with E-state index in [-0.39, 0.29) is 0 Å². The zero-order chi connectivity index (χ0) is 22.2. The molecule has 3 aliphatic carbocycles. The van der Waals surface area contributed by atoms with Crippen LogP contribution in [0.5, 0.6) is 0 Å². The smallest absolute Gasteiger partial charge is 0.0245 e. The zero-order valence-corrected chi connectivity index (χ0v) is 21.6. The summed E-state index contributed by atoms with van der Waals surface area (Å²) >= 11 is 0. The second kappa shape index (κ2) is 12.6. The van der Waals surface area contributed by atoms with Gasteiger partial charge in [0.25, 0.3) is 0 Å². The number of unbranched alkanes of at least 4 members (excludes halogenated alkanes) is 6. The Morgan fingerprint density at radius 3 is 2.19 bits per heavy atom. The van der Waals surface area contributed by atoms with E-state index in [2.05, 4.69) is 32.0 Å². The van der Waals surface area contributed by atoms with Gasteiger partial charge in [0.1, 0.15) is 0 Å². The van der Waals surface area contributed by atoms with E-state index >= 15 is 0 Å². The molecule has 0 amide bonds. The molecule has 1 aromatic rings. The lowest BCUT2D eigenvalue weighted by molar-refractivity contribution is 0.0690. The van der Waals surface area contributed by atoms with Crippen LogP contribution in [0.1, 0.15) is 133 Å². The fraction of sp³-hybridized carbons (Fsp3) is 0.812. The van der Waals surface area contributed by atoms with E-state index in [1.54, 1.807) is 55.2 Å². The third kappa shape index (κ3) is 6.64. The highest BCUT2D eigenvalue weighted by Crippen LogP contribution is 2.49. The zero-order valence-electron chi connectivity index (χ0n) is 21.6. The Morgan fingerprint density at radius 1 is 0.656 bits per heavy atom. The van der Waals surface area contributed by atoms with Crippen LogP contribution in [0.2, 0.25) is 0 Å². The van der Waals surface area contributed by atoms with Crippen molar-refractivity contribution in [2.24, 2.45) is 29.6 Å². The highest BCUT2D eigenvalue weighted by Gasteiger charge is 2.38. The van der Waals surface area contributed by atoms with Gasteiger partial charge in [0.05, 0.1) is 0 Å². The monoisotopic (exact) mass is 436 g/mol. The minimum atomic E-state index is 0.977. The van der Waals surface area contributed by atoms with Gasteiger partial charge in [-0.3, -0.25) is 0 Å². The predicted octanol–water partition coefficient (Wildman–Crippen LogP) is 9.72. The predicted molar refractivity (Wildman–Crippen MR) is 140 cm³/mol. The number of benzene rings is 1. The normalized spacial score (nSPS) is 30.0. The summed E-state index contributed by atoms with van der Waals surface area (Å²) in [6.45, 7) is 4.64. The van der Waals surface area contributed by atoms with E-state index in [1.807, 2.05) is 0 Å². The van der Waals surface area contributed by atoms with E-state index in [9.17, 15) is 0 Å². The van der Waals surface area contributed by atoms with Crippen LogP contribution in [-0.4, -0.2) is 0 Å². The Hall–Kier alpha value is -0.780. The van der Waals surface area contributed by atoms with E-state index in [4.69, 9.17) is 0 Å². The van der Waals surface area contributed by atoms with Gasteiger partial charge in [-0.05, 0) is 110 Å². The largest absolute Gasteiger partial charge is 0.0654 e. The first kappa shape index (κ1) is 24.3. The van der Waals surface area contributed by atoms with Gasteiger partial charge in [-0.1, -0.05) is 89.8 Å². The molecule has 0 nitrogen and oxygen atoms in total. The average molecular weight is 437 g/mol. The van der Waals surface area contributed by atoms with Gasteiger partial charge in [-0.25, -0.2) is 0 Å². The van der Waals surface area contributed by atoms with Crippen LogP contribution in [0.25, 0.3) is 0 Å². The van der Waals surface area contributed by atoms with Gasteiger partial charge in [-0.15, -0.1) is 0 Å².